The Balaban J connectivity index is 2.17. The van der Waals surface area contributed by atoms with Gasteiger partial charge in [0.1, 0.15) is 11.3 Å². The highest BCUT2D eigenvalue weighted by atomic mass is 16.5. The highest BCUT2D eigenvalue weighted by Gasteiger charge is 2.28. The van der Waals surface area contributed by atoms with Gasteiger partial charge in [-0.25, -0.2) is 0 Å². The summed E-state index contributed by atoms with van der Waals surface area (Å²) in [7, 11) is 0. The van der Waals surface area contributed by atoms with Crippen LogP contribution in [-0.4, -0.2) is 53.5 Å². The van der Waals surface area contributed by atoms with Crippen molar-refractivity contribution in [1.29, 1.82) is 0 Å². The van der Waals surface area contributed by atoms with Crippen molar-refractivity contribution in [2.24, 2.45) is 0 Å². The lowest BCUT2D eigenvalue weighted by Crippen LogP contribution is -2.47. The van der Waals surface area contributed by atoms with E-state index in [1.165, 1.54) is 0 Å². The predicted octanol–water partition coefficient (Wildman–Crippen LogP) is 0.379. The van der Waals surface area contributed by atoms with Gasteiger partial charge in [0, 0.05) is 13.1 Å². The van der Waals surface area contributed by atoms with E-state index in [1.807, 2.05) is 6.92 Å². The van der Waals surface area contributed by atoms with Gasteiger partial charge in [-0.1, -0.05) is 12.1 Å². The van der Waals surface area contributed by atoms with Crippen LogP contribution in [0.25, 0.3) is 0 Å². The highest BCUT2D eigenvalue weighted by Crippen LogP contribution is 2.18. The molecule has 6 nitrogen and oxygen atoms in total. The molecule has 0 radical (unpaired) electrons. The van der Waals surface area contributed by atoms with Crippen LogP contribution in [0.4, 0.5) is 0 Å². The van der Waals surface area contributed by atoms with Crippen LogP contribution in [0.1, 0.15) is 28.7 Å². The Morgan fingerprint density at radius 2 is 2.39 bits per heavy atom. The monoisotopic (exact) mass is 254 g/mol. The van der Waals surface area contributed by atoms with Crippen LogP contribution in [0, 0.1) is 6.92 Å². The van der Waals surface area contributed by atoms with Gasteiger partial charge < -0.3 is 19.3 Å². The number of morpholine rings is 1. The molecule has 1 aliphatic heterocycles. The van der Waals surface area contributed by atoms with Crippen LogP contribution in [0.3, 0.4) is 0 Å². The predicted molar refractivity (Wildman–Crippen MR) is 63.3 cm³/mol. The molecular formula is C12H18N2O4. The Hall–Kier alpha value is -1.40. The molecule has 2 heterocycles. The maximum atomic E-state index is 12.4. The Morgan fingerprint density at radius 1 is 1.61 bits per heavy atom. The lowest BCUT2D eigenvalue weighted by atomic mass is 10.1. The van der Waals surface area contributed by atoms with Crippen molar-refractivity contribution in [1.82, 2.24) is 10.1 Å². The van der Waals surface area contributed by atoms with Crippen molar-refractivity contribution < 1.29 is 19.2 Å². The van der Waals surface area contributed by atoms with E-state index in [-0.39, 0.29) is 18.6 Å². The minimum Gasteiger partial charge on any atom is -0.394 e. The number of nitrogens with zero attached hydrogens (tertiary/aromatic N) is 2. The molecule has 1 aromatic heterocycles. The number of hydrogen-bond acceptors (Lipinski definition) is 5. The quantitative estimate of drug-likeness (QED) is 0.844. The van der Waals surface area contributed by atoms with E-state index in [2.05, 4.69) is 5.16 Å². The Morgan fingerprint density at radius 3 is 3.06 bits per heavy atom. The summed E-state index contributed by atoms with van der Waals surface area (Å²) in [4.78, 5) is 14.1. The fourth-order valence-corrected chi connectivity index (χ4v) is 2.11. The summed E-state index contributed by atoms with van der Waals surface area (Å²) in [5.74, 6) is 0.455. The van der Waals surface area contributed by atoms with Crippen LogP contribution in [-0.2, 0) is 11.2 Å². The van der Waals surface area contributed by atoms with Crippen LogP contribution < -0.4 is 0 Å². The number of amides is 1. The molecule has 1 aromatic rings. The van der Waals surface area contributed by atoms with E-state index >= 15 is 0 Å². The number of aliphatic hydroxyl groups excluding tert-OH is 1. The van der Waals surface area contributed by atoms with Gasteiger partial charge in [0.2, 0.25) is 0 Å². The number of aliphatic hydroxyl groups is 1. The van der Waals surface area contributed by atoms with Gasteiger partial charge in [0.05, 0.1) is 25.0 Å². The van der Waals surface area contributed by atoms with Crippen molar-refractivity contribution in [3.8, 4) is 0 Å². The molecule has 1 atom stereocenters. The van der Waals surface area contributed by atoms with E-state index in [1.54, 1.807) is 11.8 Å². The molecule has 1 saturated heterocycles. The lowest BCUT2D eigenvalue weighted by Gasteiger charge is -2.32. The first-order valence-electron chi connectivity index (χ1n) is 6.14. The second kappa shape index (κ2) is 5.49. The van der Waals surface area contributed by atoms with Crippen LogP contribution in [0.5, 0.6) is 0 Å². The molecule has 2 rings (SSSR count). The Labute approximate surface area is 106 Å². The summed E-state index contributed by atoms with van der Waals surface area (Å²) in [5, 5.41) is 13.0. The van der Waals surface area contributed by atoms with Crippen molar-refractivity contribution >= 4 is 5.91 Å². The summed E-state index contributed by atoms with van der Waals surface area (Å²) in [6.45, 7) is 4.98. The van der Waals surface area contributed by atoms with Crippen LogP contribution in [0.15, 0.2) is 4.52 Å². The van der Waals surface area contributed by atoms with Crippen molar-refractivity contribution in [3.63, 3.8) is 0 Å². The Kier molecular flexibility index (Phi) is 3.98. The normalized spacial score (nSPS) is 20.2. The number of ether oxygens (including phenoxy) is 1. The number of rotatable bonds is 3. The zero-order chi connectivity index (χ0) is 13.1. The van der Waals surface area contributed by atoms with E-state index in [0.717, 1.165) is 0 Å². The van der Waals surface area contributed by atoms with E-state index < -0.39 is 0 Å². The molecule has 1 fully saturated rings. The van der Waals surface area contributed by atoms with E-state index in [9.17, 15) is 4.79 Å². The number of aryl methyl sites for hydroxylation is 2. The topological polar surface area (TPSA) is 75.8 Å². The average molecular weight is 254 g/mol. The summed E-state index contributed by atoms with van der Waals surface area (Å²) in [6.07, 6.45) is 0.361. The lowest BCUT2D eigenvalue weighted by molar-refractivity contribution is -0.0447. The molecule has 0 spiro atoms. The standard InChI is InChI=1S/C12H18N2O4/c1-3-10-11(8(2)18-13-10)12(16)14-4-5-17-9(6-14)7-15/h9,15H,3-7H2,1-2H3. The van der Waals surface area contributed by atoms with Crippen molar-refractivity contribution in [2.45, 2.75) is 26.4 Å². The molecule has 0 bridgehead atoms. The van der Waals surface area contributed by atoms with Gasteiger partial charge in [-0.2, -0.15) is 0 Å². The number of carbonyl (C=O) groups is 1. The van der Waals surface area contributed by atoms with Gasteiger partial charge in [-0.05, 0) is 13.3 Å². The maximum Gasteiger partial charge on any atom is 0.259 e. The van der Waals surface area contributed by atoms with E-state index in [4.69, 9.17) is 14.4 Å². The molecule has 1 amide bonds. The van der Waals surface area contributed by atoms with Gasteiger partial charge in [0.25, 0.3) is 5.91 Å². The minimum atomic E-state index is -0.298. The Bertz CT molecular complexity index is 430. The second-order valence-corrected chi connectivity index (χ2v) is 4.34. The molecule has 0 saturated carbocycles. The molecule has 18 heavy (non-hydrogen) atoms. The first-order valence-corrected chi connectivity index (χ1v) is 6.14. The van der Waals surface area contributed by atoms with E-state index in [0.29, 0.717) is 43.1 Å². The maximum absolute atomic E-state index is 12.4. The average Bonchev–Trinajstić information content (AvgIpc) is 2.79. The largest absolute Gasteiger partial charge is 0.394 e. The molecule has 0 aliphatic carbocycles. The van der Waals surface area contributed by atoms with Crippen LogP contribution >= 0.6 is 0 Å². The summed E-state index contributed by atoms with van der Waals surface area (Å²) in [6, 6.07) is 0. The fraction of sp³-hybridized carbons (Fsp3) is 0.667. The second-order valence-electron chi connectivity index (χ2n) is 4.34. The molecule has 0 aromatic carbocycles. The molecular weight excluding hydrogens is 236 g/mol. The molecule has 1 aliphatic rings. The summed E-state index contributed by atoms with van der Waals surface area (Å²) >= 11 is 0. The third-order valence-electron chi connectivity index (χ3n) is 3.11. The van der Waals surface area contributed by atoms with Gasteiger partial charge in [0.15, 0.2) is 0 Å². The van der Waals surface area contributed by atoms with Gasteiger partial charge >= 0.3 is 0 Å². The van der Waals surface area contributed by atoms with Gasteiger partial charge in [-0.15, -0.1) is 0 Å². The molecule has 1 unspecified atom stereocenters. The zero-order valence-electron chi connectivity index (χ0n) is 10.7. The minimum absolute atomic E-state index is 0.0764. The number of carbonyl (C=O) groups excluding carboxylic acids is 1. The summed E-state index contributed by atoms with van der Waals surface area (Å²) in [5.41, 5.74) is 1.24. The number of hydrogen-bond donors (Lipinski definition) is 1. The number of aromatic nitrogens is 1. The summed E-state index contributed by atoms with van der Waals surface area (Å²) < 4.78 is 10.4. The third-order valence-corrected chi connectivity index (χ3v) is 3.11. The van der Waals surface area contributed by atoms with Crippen molar-refractivity contribution in [2.75, 3.05) is 26.3 Å². The smallest absolute Gasteiger partial charge is 0.259 e. The fourth-order valence-electron chi connectivity index (χ4n) is 2.11. The molecule has 1 N–H and O–H groups in total. The first kappa shape index (κ1) is 13.0. The van der Waals surface area contributed by atoms with Crippen LogP contribution in [0.2, 0.25) is 0 Å². The molecule has 6 heteroatoms. The highest BCUT2D eigenvalue weighted by molar-refractivity contribution is 5.96. The van der Waals surface area contributed by atoms with Gasteiger partial charge in [-0.3, -0.25) is 4.79 Å². The molecule has 100 valence electrons. The zero-order valence-corrected chi connectivity index (χ0v) is 10.7. The first-order chi connectivity index (χ1) is 8.67. The SMILES string of the molecule is CCc1noc(C)c1C(=O)N1CCOC(CO)C1. The third kappa shape index (κ3) is 2.39. The van der Waals surface area contributed by atoms with Crippen molar-refractivity contribution in [3.05, 3.63) is 17.0 Å².